The van der Waals surface area contributed by atoms with Crippen LogP contribution in [-0.4, -0.2) is 35.7 Å². The van der Waals surface area contributed by atoms with Gasteiger partial charge in [0, 0.05) is 47.5 Å². The molecular weight excluding hydrogens is 416 g/mol. The standard InChI is InChI=1S/C23H31BrN2O2/c1-7-11-25-20(16(3)28-6)13-22-19(14-23(4,5)15-27)18-12-17(24)9-10-21(18)26(22)8-2/h7,9-13,16,27H,1,8,14-15H2,2-6H3/b20-13+,25-11?/t16-/m0/s1. The number of ether oxygens (including phenoxy) is 1. The molecule has 0 bridgehead atoms. The monoisotopic (exact) mass is 446 g/mol. The normalized spacial score (nSPS) is 14.2. The molecule has 0 aliphatic carbocycles. The number of aromatic nitrogens is 1. The molecule has 0 fully saturated rings. The molecule has 1 aromatic carbocycles. The maximum atomic E-state index is 9.88. The van der Waals surface area contributed by atoms with Crippen molar-refractivity contribution in [3.05, 3.63) is 52.3 Å². The zero-order chi connectivity index (χ0) is 20.9. The third-order valence-electron chi connectivity index (χ3n) is 4.96. The Balaban J connectivity index is 2.82. The van der Waals surface area contributed by atoms with E-state index in [9.17, 15) is 5.11 Å². The highest BCUT2D eigenvalue weighted by atomic mass is 79.9. The molecule has 4 nitrogen and oxygen atoms in total. The molecule has 0 saturated heterocycles. The highest BCUT2D eigenvalue weighted by Gasteiger charge is 2.24. The summed E-state index contributed by atoms with van der Waals surface area (Å²) in [7, 11) is 1.68. The molecule has 0 aliphatic rings. The fourth-order valence-corrected chi connectivity index (χ4v) is 3.66. The average molecular weight is 447 g/mol. The lowest BCUT2D eigenvalue weighted by atomic mass is 9.85. The van der Waals surface area contributed by atoms with Crippen LogP contribution in [0, 0.1) is 5.41 Å². The highest BCUT2D eigenvalue weighted by Crippen LogP contribution is 2.35. The van der Waals surface area contributed by atoms with Crippen LogP contribution in [0.4, 0.5) is 0 Å². The number of methoxy groups -OCH3 is 1. The van der Waals surface area contributed by atoms with Crippen molar-refractivity contribution in [2.24, 2.45) is 10.4 Å². The lowest BCUT2D eigenvalue weighted by molar-refractivity contribution is 0.147. The number of hydrogen-bond donors (Lipinski definition) is 1. The second-order valence-corrected chi connectivity index (χ2v) is 8.65. The van der Waals surface area contributed by atoms with E-state index in [-0.39, 0.29) is 18.1 Å². The summed E-state index contributed by atoms with van der Waals surface area (Å²) in [4.78, 5) is 4.55. The number of aliphatic hydroxyl groups excluding tert-OH is 1. The summed E-state index contributed by atoms with van der Waals surface area (Å²) in [6, 6.07) is 6.37. The fourth-order valence-electron chi connectivity index (χ4n) is 3.30. The predicted octanol–water partition coefficient (Wildman–Crippen LogP) is 5.62. The number of allylic oxidation sites excluding steroid dienone is 1. The van der Waals surface area contributed by atoms with Crippen LogP contribution < -0.4 is 0 Å². The summed E-state index contributed by atoms with van der Waals surface area (Å²) in [6.07, 6.45) is 6.07. The lowest BCUT2D eigenvalue weighted by Gasteiger charge is -2.22. The Morgan fingerprint density at radius 1 is 1.43 bits per heavy atom. The molecule has 0 spiro atoms. The van der Waals surface area contributed by atoms with E-state index in [1.165, 1.54) is 16.5 Å². The Labute approximate surface area is 176 Å². The fraction of sp³-hybridized carbons (Fsp3) is 0.435. The van der Waals surface area contributed by atoms with E-state index in [1.807, 2.05) is 6.92 Å². The smallest absolute Gasteiger partial charge is 0.0963 e. The van der Waals surface area contributed by atoms with Crippen LogP contribution in [-0.2, 0) is 17.7 Å². The minimum atomic E-state index is -0.227. The Hall–Kier alpha value is -1.69. The van der Waals surface area contributed by atoms with Crippen LogP contribution >= 0.6 is 15.9 Å². The van der Waals surface area contributed by atoms with Crippen molar-refractivity contribution in [2.45, 2.75) is 46.8 Å². The Bertz CT molecular complexity index is 894. The van der Waals surface area contributed by atoms with E-state index in [0.717, 1.165) is 28.8 Å². The second-order valence-electron chi connectivity index (χ2n) is 7.73. The van der Waals surface area contributed by atoms with Gasteiger partial charge in [-0.25, -0.2) is 0 Å². The summed E-state index contributed by atoms with van der Waals surface area (Å²) in [6.45, 7) is 13.0. The van der Waals surface area contributed by atoms with Gasteiger partial charge in [-0.3, -0.25) is 4.99 Å². The number of halogens is 1. The molecular formula is C23H31BrN2O2. The molecule has 28 heavy (non-hydrogen) atoms. The van der Waals surface area contributed by atoms with Crippen LogP contribution in [0.5, 0.6) is 0 Å². The zero-order valence-corrected chi connectivity index (χ0v) is 19.1. The number of aliphatic imine (C=N–C) groups is 1. The largest absolute Gasteiger partial charge is 0.396 e. The third-order valence-corrected chi connectivity index (χ3v) is 5.45. The maximum Gasteiger partial charge on any atom is 0.0963 e. The van der Waals surface area contributed by atoms with Gasteiger partial charge in [0.25, 0.3) is 0 Å². The summed E-state index contributed by atoms with van der Waals surface area (Å²) < 4.78 is 8.88. The second kappa shape index (κ2) is 9.68. The molecule has 0 unspecified atom stereocenters. The predicted molar refractivity (Wildman–Crippen MR) is 123 cm³/mol. The lowest BCUT2D eigenvalue weighted by Crippen LogP contribution is -2.20. The van der Waals surface area contributed by atoms with E-state index in [2.05, 4.69) is 77.1 Å². The molecule has 0 radical (unpaired) electrons. The van der Waals surface area contributed by atoms with Crippen LogP contribution in [0.25, 0.3) is 17.0 Å². The van der Waals surface area contributed by atoms with Gasteiger partial charge in [0.05, 0.1) is 11.8 Å². The molecule has 0 aliphatic heterocycles. The Kier molecular flexibility index (Phi) is 7.81. The highest BCUT2D eigenvalue weighted by molar-refractivity contribution is 9.10. The van der Waals surface area contributed by atoms with E-state index >= 15 is 0 Å². The van der Waals surface area contributed by atoms with Gasteiger partial charge in [0.2, 0.25) is 0 Å². The molecule has 1 heterocycles. The summed E-state index contributed by atoms with van der Waals surface area (Å²) in [5, 5.41) is 11.1. The van der Waals surface area contributed by atoms with Gasteiger partial charge >= 0.3 is 0 Å². The van der Waals surface area contributed by atoms with Crippen LogP contribution in [0.1, 0.15) is 39.0 Å². The van der Waals surface area contributed by atoms with Crippen LogP contribution in [0.15, 0.2) is 46.0 Å². The Morgan fingerprint density at radius 3 is 2.71 bits per heavy atom. The number of rotatable bonds is 9. The van der Waals surface area contributed by atoms with E-state index in [4.69, 9.17) is 4.74 Å². The number of nitrogens with zero attached hydrogens (tertiary/aromatic N) is 2. The molecule has 0 saturated carbocycles. The zero-order valence-electron chi connectivity index (χ0n) is 17.5. The van der Waals surface area contributed by atoms with Gasteiger partial charge < -0.3 is 14.4 Å². The van der Waals surface area contributed by atoms with Crippen molar-refractivity contribution in [2.75, 3.05) is 13.7 Å². The van der Waals surface area contributed by atoms with Crippen molar-refractivity contribution in [1.82, 2.24) is 4.57 Å². The van der Waals surface area contributed by atoms with E-state index in [1.54, 1.807) is 19.4 Å². The number of hydrogen-bond acceptors (Lipinski definition) is 3. The molecule has 152 valence electrons. The molecule has 1 atom stereocenters. The van der Waals surface area contributed by atoms with Gasteiger partial charge in [-0.2, -0.15) is 0 Å². The Morgan fingerprint density at radius 2 is 2.14 bits per heavy atom. The first kappa shape index (κ1) is 22.6. The molecule has 2 rings (SSSR count). The van der Waals surface area contributed by atoms with Gasteiger partial charge in [-0.1, -0.05) is 42.4 Å². The number of fused-ring (bicyclic) bond motifs is 1. The van der Waals surface area contributed by atoms with Crippen molar-refractivity contribution < 1.29 is 9.84 Å². The number of benzene rings is 1. The minimum absolute atomic E-state index is 0.124. The first-order chi connectivity index (χ1) is 13.3. The average Bonchev–Trinajstić information content (AvgIpc) is 2.95. The maximum absolute atomic E-state index is 9.88. The van der Waals surface area contributed by atoms with Crippen molar-refractivity contribution in [1.29, 1.82) is 0 Å². The summed E-state index contributed by atoms with van der Waals surface area (Å²) in [5.41, 5.74) is 4.11. The molecule has 1 N–H and O–H groups in total. The van der Waals surface area contributed by atoms with E-state index in [0.29, 0.717) is 0 Å². The molecule has 2 aromatic rings. The van der Waals surface area contributed by atoms with Crippen molar-refractivity contribution in [3.63, 3.8) is 0 Å². The van der Waals surface area contributed by atoms with E-state index < -0.39 is 0 Å². The first-order valence-electron chi connectivity index (χ1n) is 9.59. The van der Waals surface area contributed by atoms with Gasteiger partial charge in [-0.15, -0.1) is 0 Å². The van der Waals surface area contributed by atoms with Crippen molar-refractivity contribution in [3.8, 4) is 0 Å². The third kappa shape index (κ3) is 5.02. The quantitative estimate of drug-likeness (QED) is 0.508. The minimum Gasteiger partial charge on any atom is -0.396 e. The first-order valence-corrected chi connectivity index (χ1v) is 10.4. The summed E-state index contributed by atoms with van der Waals surface area (Å²) >= 11 is 3.61. The van der Waals surface area contributed by atoms with Gasteiger partial charge in [0.15, 0.2) is 0 Å². The van der Waals surface area contributed by atoms with Gasteiger partial charge in [-0.05, 0) is 55.5 Å². The molecule has 0 amide bonds. The van der Waals surface area contributed by atoms with Crippen molar-refractivity contribution >= 4 is 39.1 Å². The SMILES string of the molecule is C=CC=N/C(=C/c1c(CC(C)(C)CO)c2cc(Br)ccc2n1CC)[C@H](C)OC. The topological polar surface area (TPSA) is 46.8 Å². The summed E-state index contributed by atoms with van der Waals surface area (Å²) in [5.74, 6) is 0. The number of aliphatic hydroxyl groups is 1. The van der Waals surface area contributed by atoms with Gasteiger partial charge in [0.1, 0.15) is 0 Å². The molecule has 1 aromatic heterocycles. The number of aryl methyl sites for hydroxylation is 1. The van der Waals surface area contributed by atoms with Crippen LogP contribution in [0.3, 0.4) is 0 Å². The van der Waals surface area contributed by atoms with Crippen LogP contribution in [0.2, 0.25) is 0 Å². The molecule has 5 heteroatoms.